The molecule has 0 aliphatic carbocycles. The van der Waals surface area contributed by atoms with Gasteiger partial charge in [-0.1, -0.05) is 30.3 Å². The van der Waals surface area contributed by atoms with E-state index in [4.69, 9.17) is 4.74 Å². The summed E-state index contributed by atoms with van der Waals surface area (Å²) < 4.78 is 31.2. The third kappa shape index (κ3) is 2.96. The highest BCUT2D eigenvalue weighted by Crippen LogP contribution is 2.19. The molecule has 0 bridgehead atoms. The van der Waals surface area contributed by atoms with Crippen LogP contribution in [0.25, 0.3) is 11.0 Å². The van der Waals surface area contributed by atoms with E-state index >= 15 is 0 Å². The first-order chi connectivity index (χ1) is 10.6. The SMILES string of the molecule is CS(=O)(=O)c1nc2ccccc2n1CCOc1ccccc1. The highest BCUT2D eigenvalue weighted by Gasteiger charge is 2.18. The Hall–Kier alpha value is -2.34. The largest absolute Gasteiger partial charge is 0.492 e. The van der Waals surface area contributed by atoms with Crippen LogP contribution in [0.5, 0.6) is 5.75 Å². The molecule has 22 heavy (non-hydrogen) atoms. The summed E-state index contributed by atoms with van der Waals surface area (Å²) in [7, 11) is -3.39. The molecule has 1 aromatic heterocycles. The zero-order valence-corrected chi connectivity index (χ0v) is 13.0. The van der Waals surface area contributed by atoms with Gasteiger partial charge in [-0.3, -0.25) is 0 Å². The van der Waals surface area contributed by atoms with Gasteiger partial charge < -0.3 is 9.30 Å². The molecule has 3 rings (SSSR count). The number of ether oxygens (including phenoxy) is 1. The van der Waals surface area contributed by atoms with E-state index in [1.807, 2.05) is 48.5 Å². The van der Waals surface area contributed by atoms with Crippen LogP contribution in [-0.2, 0) is 16.4 Å². The van der Waals surface area contributed by atoms with Crippen LogP contribution in [0, 0.1) is 0 Å². The Morgan fingerprint density at radius 1 is 1.05 bits per heavy atom. The molecule has 1 heterocycles. The van der Waals surface area contributed by atoms with E-state index in [1.165, 1.54) is 6.26 Å². The first-order valence-corrected chi connectivity index (χ1v) is 8.78. The van der Waals surface area contributed by atoms with E-state index in [0.717, 1.165) is 11.3 Å². The second kappa shape index (κ2) is 5.81. The van der Waals surface area contributed by atoms with Crippen molar-refractivity contribution in [2.75, 3.05) is 12.9 Å². The molecule has 0 N–H and O–H groups in total. The molecule has 114 valence electrons. The van der Waals surface area contributed by atoms with Crippen LogP contribution in [0.15, 0.2) is 59.8 Å². The second-order valence-corrected chi connectivity index (χ2v) is 6.88. The zero-order valence-electron chi connectivity index (χ0n) is 12.1. The Labute approximate surface area is 129 Å². The molecule has 0 aliphatic heterocycles. The summed E-state index contributed by atoms with van der Waals surface area (Å²) in [5, 5.41) is 0.0744. The van der Waals surface area contributed by atoms with Crippen LogP contribution in [-0.4, -0.2) is 30.8 Å². The minimum absolute atomic E-state index is 0.0744. The molecule has 6 heteroatoms. The van der Waals surface area contributed by atoms with Crippen molar-refractivity contribution in [2.24, 2.45) is 0 Å². The maximum Gasteiger partial charge on any atom is 0.228 e. The van der Waals surface area contributed by atoms with Crippen LogP contribution in [0.2, 0.25) is 0 Å². The van der Waals surface area contributed by atoms with Crippen LogP contribution in [0.1, 0.15) is 0 Å². The van der Waals surface area contributed by atoms with Crippen LogP contribution < -0.4 is 4.74 Å². The molecule has 5 nitrogen and oxygen atoms in total. The first-order valence-electron chi connectivity index (χ1n) is 6.89. The summed E-state index contributed by atoms with van der Waals surface area (Å²) in [6, 6.07) is 16.8. The van der Waals surface area contributed by atoms with Gasteiger partial charge in [-0.15, -0.1) is 0 Å². The van der Waals surface area contributed by atoms with E-state index in [2.05, 4.69) is 4.98 Å². The Morgan fingerprint density at radius 2 is 1.73 bits per heavy atom. The normalized spacial score (nSPS) is 11.7. The minimum atomic E-state index is -3.39. The molecule has 0 fully saturated rings. The standard InChI is InChI=1S/C16H16N2O3S/c1-22(19,20)16-17-14-9-5-6-10-15(14)18(16)11-12-21-13-7-3-2-4-8-13/h2-10H,11-12H2,1H3. The van der Waals surface area contributed by atoms with Crippen LogP contribution in [0.3, 0.4) is 0 Å². The first kappa shape index (κ1) is 14.6. The number of para-hydroxylation sites is 3. The smallest absolute Gasteiger partial charge is 0.228 e. The number of sulfone groups is 1. The lowest BCUT2D eigenvalue weighted by Gasteiger charge is -2.09. The molecule has 3 aromatic rings. The zero-order chi connectivity index (χ0) is 15.6. The Morgan fingerprint density at radius 3 is 2.45 bits per heavy atom. The maximum absolute atomic E-state index is 11.9. The summed E-state index contributed by atoms with van der Waals surface area (Å²) in [5.74, 6) is 0.757. The molecule has 0 saturated carbocycles. The molecule has 0 spiro atoms. The summed E-state index contributed by atoms with van der Waals surface area (Å²) in [4.78, 5) is 4.23. The van der Waals surface area contributed by atoms with Gasteiger partial charge in [0.15, 0.2) is 0 Å². The van der Waals surface area contributed by atoms with E-state index in [1.54, 1.807) is 10.6 Å². The van der Waals surface area contributed by atoms with Crippen molar-refractivity contribution in [3.05, 3.63) is 54.6 Å². The number of hydrogen-bond acceptors (Lipinski definition) is 4. The molecular weight excluding hydrogens is 300 g/mol. The monoisotopic (exact) mass is 316 g/mol. The average molecular weight is 316 g/mol. The van der Waals surface area contributed by atoms with E-state index < -0.39 is 9.84 Å². The number of aromatic nitrogens is 2. The van der Waals surface area contributed by atoms with E-state index in [9.17, 15) is 8.42 Å². The van der Waals surface area contributed by atoms with Gasteiger partial charge in [0.05, 0.1) is 17.6 Å². The fourth-order valence-electron chi connectivity index (χ4n) is 2.32. The third-order valence-electron chi connectivity index (χ3n) is 3.28. The molecule has 0 radical (unpaired) electrons. The molecule has 2 aromatic carbocycles. The Kier molecular flexibility index (Phi) is 3.85. The molecule has 0 amide bonds. The van der Waals surface area contributed by atoms with Gasteiger partial charge in [-0.25, -0.2) is 13.4 Å². The summed E-state index contributed by atoms with van der Waals surface area (Å²) in [6.07, 6.45) is 1.17. The van der Waals surface area contributed by atoms with Crippen molar-refractivity contribution in [1.82, 2.24) is 9.55 Å². The van der Waals surface area contributed by atoms with E-state index in [0.29, 0.717) is 18.7 Å². The predicted molar refractivity (Wildman–Crippen MR) is 84.8 cm³/mol. The minimum Gasteiger partial charge on any atom is -0.492 e. The summed E-state index contributed by atoms with van der Waals surface area (Å²) in [6.45, 7) is 0.782. The van der Waals surface area contributed by atoms with E-state index in [-0.39, 0.29) is 5.16 Å². The topological polar surface area (TPSA) is 61.2 Å². The Balaban J connectivity index is 1.89. The highest BCUT2D eigenvalue weighted by atomic mass is 32.2. The van der Waals surface area contributed by atoms with Gasteiger partial charge in [0.1, 0.15) is 12.4 Å². The number of nitrogens with zero attached hydrogens (tertiary/aromatic N) is 2. The second-order valence-electron chi connectivity index (χ2n) is 4.97. The van der Waals surface area contributed by atoms with Gasteiger partial charge >= 0.3 is 0 Å². The van der Waals surface area contributed by atoms with Crippen molar-refractivity contribution in [2.45, 2.75) is 11.7 Å². The van der Waals surface area contributed by atoms with Gasteiger partial charge in [-0.2, -0.15) is 0 Å². The molecular formula is C16H16N2O3S. The lowest BCUT2D eigenvalue weighted by molar-refractivity contribution is 0.295. The number of rotatable bonds is 5. The highest BCUT2D eigenvalue weighted by molar-refractivity contribution is 7.90. The molecule has 0 saturated heterocycles. The number of hydrogen-bond donors (Lipinski definition) is 0. The third-order valence-corrected chi connectivity index (χ3v) is 4.25. The molecule has 0 aliphatic rings. The summed E-state index contributed by atoms with van der Waals surface area (Å²) in [5.41, 5.74) is 1.46. The van der Waals surface area contributed by atoms with Crippen molar-refractivity contribution in [3.8, 4) is 5.75 Å². The van der Waals surface area contributed by atoms with Crippen LogP contribution >= 0.6 is 0 Å². The van der Waals surface area contributed by atoms with Crippen molar-refractivity contribution < 1.29 is 13.2 Å². The van der Waals surface area contributed by atoms with Gasteiger partial charge in [0.25, 0.3) is 0 Å². The average Bonchev–Trinajstić information content (AvgIpc) is 2.88. The molecule has 0 unspecified atom stereocenters. The van der Waals surface area contributed by atoms with Gasteiger partial charge in [-0.05, 0) is 24.3 Å². The fourth-order valence-corrected chi connectivity index (χ4v) is 3.18. The van der Waals surface area contributed by atoms with Gasteiger partial charge in [0.2, 0.25) is 15.0 Å². The lowest BCUT2D eigenvalue weighted by Crippen LogP contribution is -2.14. The summed E-state index contributed by atoms with van der Waals surface area (Å²) >= 11 is 0. The van der Waals surface area contributed by atoms with Crippen molar-refractivity contribution in [1.29, 1.82) is 0 Å². The molecule has 0 atom stereocenters. The van der Waals surface area contributed by atoms with Crippen molar-refractivity contribution in [3.63, 3.8) is 0 Å². The fraction of sp³-hybridized carbons (Fsp3) is 0.188. The lowest BCUT2D eigenvalue weighted by atomic mass is 10.3. The quantitative estimate of drug-likeness (QED) is 0.725. The predicted octanol–water partition coefficient (Wildman–Crippen LogP) is 2.52. The van der Waals surface area contributed by atoms with Crippen molar-refractivity contribution >= 4 is 20.9 Å². The van der Waals surface area contributed by atoms with Gasteiger partial charge in [0, 0.05) is 6.26 Å². The number of benzene rings is 2. The number of fused-ring (bicyclic) bond motifs is 1. The Bertz CT molecular complexity index is 886. The number of imidazole rings is 1. The maximum atomic E-state index is 11.9. The van der Waals surface area contributed by atoms with Crippen LogP contribution in [0.4, 0.5) is 0 Å².